The molecule has 1 atom stereocenters. The summed E-state index contributed by atoms with van der Waals surface area (Å²) < 4.78 is 58.3. The maximum absolute atomic E-state index is 16.7. The van der Waals surface area contributed by atoms with Gasteiger partial charge in [-0.2, -0.15) is 18.3 Å². The molecule has 0 spiro atoms. The molecule has 5 aromatic rings. The minimum atomic E-state index is -4.56. The number of nitrogens with zero attached hydrogens (tertiary/aromatic N) is 5. The summed E-state index contributed by atoms with van der Waals surface area (Å²) in [5, 5.41) is 18.4. The van der Waals surface area contributed by atoms with Crippen LogP contribution in [0.4, 0.5) is 23.5 Å². The molecule has 0 saturated carbocycles. The van der Waals surface area contributed by atoms with Crippen molar-refractivity contribution in [2.45, 2.75) is 72.3 Å². The Labute approximate surface area is 287 Å². The molecule has 260 valence electrons. The van der Waals surface area contributed by atoms with Crippen molar-refractivity contribution in [1.29, 1.82) is 0 Å². The van der Waals surface area contributed by atoms with Crippen molar-refractivity contribution in [3.63, 3.8) is 0 Å². The van der Waals surface area contributed by atoms with Crippen molar-refractivity contribution in [3.05, 3.63) is 88.3 Å². The van der Waals surface area contributed by atoms with Gasteiger partial charge in [0, 0.05) is 61.2 Å². The highest BCUT2D eigenvalue weighted by atomic mass is 35.5. The van der Waals surface area contributed by atoms with Crippen LogP contribution in [0.15, 0.2) is 48.9 Å². The van der Waals surface area contributed by atoms with Gasteiger partial charge in [0.15, 0.2) is 0 Å². The van der Waals surface area contributed by atoms with Crippen LogP contribution in [0, 0.1) is 11.7 Å². The van der Waals surface area contributed by atoms with Gasteiger partial charge in [-0.25, -0.2) is 19.0 Å². The van der Waals surface area contributed by atoms with Crippen molar-refractivity contribution < 1.29 is 27.5 Å². The predicted molar refractivity (Wildman–Crippen MR) is 182 cm³/mol. The van der Waals surface area contributed by atoms with Gasteiger partial charge in [0.25, 0.3) is 0 Å². The molecule has 2 aromatic carbocycles. The molecule has 3 aromatic heterocycles. The SMILES string of the molecule is CCc1cccc(CC)c1-n1nc2c(c1-c1c(F)cc(CNC(C(=O)O)C(C)C)c3[nH]ccc13)CN(c1ncc(C(F)(F)F)cn1)CC2.Cl. The van der Waals surface area contributed by atoms with Crippen LogP contribution in [-0.4, -0.2) is 48.4 Å². The zero-order valence-corrected chi connectivity index (χ0v) is 28.3. The molecule has 0 fully saturated rings. The summed E-state index contributed by atoms with van der Waals surface area (Å²) in [6.45, 7) is 8.47. The zero-order valence-electron chi connectivity index (χ0n) is 27.5. The number of hydrogen-bond acceptors (Lipinski definition) is 6. The lowest BCUT2D eigenvalue weighted by molar-refractivity contribution is -0.141. The van der Waals surface area contributed by atoms with Crippen LogP contribution in [0.3, 0.4) is 0 Å². The Balaban J connectivity index is 0.00000468. The van der Waals surface area contributed by atoms with E-state index in [0.29, 0.717) is 53.5 Å². The average Bonchev–Trinajstić information content (AvgIpc) is 3.69. The molecule has 6 rings (SSSR count). The molecule has 9 nitrogen and oxygen atoms in total. The molecule has 0 amide bonds. The Morgan fingerprint density at radius 2 is 1.76 bits per heavy atom. The topological polar surface area (TPSA) is 112 Å². The first-order valence-corrected chi connectivity index (χ1v) is 16.0. The number of benzene rings is 2. The Morgan fingerprint density at radius 1 is 1.08 bits per heavy atom. The van der Waals surface area contributed by atoms with Gasteiger partial charge in [-0.3, -0.25) is 4.79 Å². The normalized spacial score (nSPS) is 13.9. The van der Waals surface area contributed by atoms with E-state index in [1.54, 1.807) is 17.2 Å². The third-order valence-corrected chi connectivity index (χ3v) is 9.02. The summed E-state index contributed by atoms with van der Waals surface area (Å²) in [5.41, 5.74) is 5.62. The molecule has 0 saturated heterocycles. The first-order chi connectivity index (χ1) is 22.9. The quantitative estimate of drug-likeness (QED) is 0.131. The second-order valence-electron chi connectivity index (χ2n) is 12.4. The van der Waals surface area contributed by atoms with E-state index in [0.717, 1.165) is 40.5 Å². The molecular formula is C35H38ClF4N7O2. The van der Waals surface area contributed by atoms with Crippen LogP contribution in [0.25, 0.3) is 27.8 Å². The fourth-order valence-corrected chi connectivity index (χ4v) is 6.56. The second kappa shape index (κ2) is 14.2. The fourth-order valence-electron chi connectivity index (χ4n) is 6.56. The number of aliphatic carboxylic acids is 1. The molecule has 3 N–H and O–H groups in total. The van der Waals surface area contributed by atoms with Crippen molar-refractivity contribution in [1.82, 2.24) is 30.0 Å². The number of para-hydroxylation sites is 1. The van der Waals surface area contributed by atoms with E-state index in [9.17, 15) is 23.1 Å². The third-order valence-electron chi connectivity index (χ3n) is 9.02. The molecular weight excluding hydrogens is 662 g/mol. The lowest BCUT2D eigenvalue weighted by atomic mass is 9.95. The maximum atomic E-state index is 16.7. The molecule has 4 heterocycles. The van der Waals surface area contributed by atoms with Gasteiger partial charge in [-0.15, -0.1) is 12.4 Å². The number of halogens is 5. The largest absolute Gasteiger partial charge is 0.480 e. The molecule has 1 unspecified atom stereocenters. The number of anilines is 1. The minimum absolute atomic E-state index is 0. The number of alkyl halides is 3. The zero-order chi connectivity index (χ0) is 34.3. The average molecular weight is 700 g/mol. The van der Waals surface area contributed by atoms with Crippen LogP contribution in [0.5, 0.6) is 0 Å². The summed E-state index contributed by atoms with van der Waals surface area (Å²) in [4.78, 5) is 24.9. The summed E-state index contributed by atoms with van der Waals surface area (Å²) >= 11 is 0. The van der Waals surface area contributed by atoms with E-state index in [-0.39, 0.29) is 37.4 Å². The molecule has 0 radical (unpaired) electrons. The number of carboxylic acids is 1. The lowest BCUT2D eigenvalue weighted by Gasteiger charge is -2.27. The highest BCUT2D eigenvalue weighted by Crippen LogP contribution is 2.41. The maximum Gasteiger partial charge on any atom is 0.419 e. The van der Waals surface area contributed by atoms with E-state index in [4.69, 9.17) is 5.10 Å². The van der Waals surface area contributed by atoms with Gasteiger partial charge < -0.3 is 20.3 Å². The van der Waals surface area contributed by atoms with E-state index in [1.165, 1.54) is 6.07 Å². The first-order valence-electron chi connectivity index (χ1n) is 16.0. The van der Waals surface area contributed by atoms with E-state index in [2.05, 4.69) is 34.1 Å². The number of H-pyrrole nitrogens is 1. The van der Waals surface area contributed by atoms with Crippen LogP contribution in [0.1, 0.15) is 61.2 Å². The van der Waals surface area contributed by atoms with E-state index in [1.807, 2.05) is 36.7 Å². The van der Waals surface area contributed by atoms with Crippen molar-refractivity contribution in [3.8, 4) is 16.9 Å². The lowest BCUT2D eigenvalue weighted by Crippen LogP contribution is -2.40. The minimum Gasteiger partial charge on any atom is -0.480 e. The summed E-state index contributed by atoms with van der Waals surface area (Å²) in [5.74, 6) is -1.53. The Hall–Kier alpha value is -4.49. The number of aromatic nitrogens is 5. The smallest absolute Gasteiger partial charge is 0.419 e. The Kier molecular flexibility index (Phi) is 10.3. The molecule has 1 aliphatic rings. The third kappa shape index (κ3) is 6.73. The van der Waals surface area contributed by atoms with Crippen LogP contribution < -0.4 is 10.2 Å². The number of fused-ring (bicyclic) bond motifs is 2. The van der Waals surface area contributed by atoms with Gasteiger partial charge in [0.2, 0.25) is 5.95 Å². The van der Waals surface area contributed by atoms with Crippen molar-refractivity contribution in [2.75, 3.05) is 11.4 Å². The van der Waals surface area contributed by atoms with Crippen molar-refractivity contribution >= 4 is 35.2 Å². The first kappa shape index (κ1) is 35.8. The number of nitrogens with one attached hydrogen (secondary N) is 2. The number of hydrogen-bond donors (Lipinski definition) is 3. The van der Waals surface area contributed by atoms with Crippen LogP contribution in [0.2, 0.25) is 0 Å². The molecule has 0 aliphatic carbocycles. The fraction of sp³-hybridized carbons (Fsp3) is 0.371. The van der Waals surface area contributed by atoms with Gasteiger partial charge in [0.05, 0.1) is 28.2 Å². The second-order valence-corrected chi connectivity index (χ2v) is 12.4. The van der Waals surface area contributed by atoms with Gasteiger partial charge in [-0.05, 0) is 47.6 Å². The number of aryl methyl sites for hydroxylation is 2. The number of aromatic amines is 1. The number of rotatable bonds is 10. The molecule has 1 aliphatic heterocycles. The van der Waals surface area contributed by atoms with Gasteiger partial charge in [-0.1, -0.05) is 45.9 Å². The summed E-state index contributed by atoms with van der Waals surface area (Å²) in [6.07, 6.45) is 0.588. The highest BCUT2D eigenvalue weighted by Gasteiger charge is 2.34. The highest BCUT2D eigenvalue weighted by molar-refractivity contribution is 5.98. The van der Waals surface area contributed by atoms with Crippen molar-refractivity contribution in [2.24, 2.45) is 5.92 Å². The molecule has 49 heavy (non-hydrogen) atoms. The number of carboxylic acid groups (broad SMARTS) is 1. The molecule has 14 heteroatoms. The standard InChI is InChI=1S/C35H37F4N7O2.ClH/c1-5-20-8-7-9-21(6-2)31(20)46-32(25-18-45(13-11-27(25)44-46)34-42-16-23(17-43-34)35(37,38)39)28-24-10-12-40-30(24)22(14-26(28)36)15-41-29(19(3)4)33(47)48;/h7-10,12,14,16-17,19,29,40-41H,5-6,11,13,15,18H2,1-4H3,(H,47,48);1H. The van der Waals surface area contributed by atoms with E-state index >= 15 is 4.39 Å². The van der Waals surface area contributed by atoms with Gasteiger partial charge >= 0.3 is 12.1 Å². The predicted octanol–water partition coefficient (Wildman–Crippen LogP) is 7.28. The molecule has 0 bridgehead atoms. The van der Waals surface area contributed by atoms with E-state index < -0.39 is 29.6 Å². The van der Waals surface area contributed by atoms with Crippen LogP contribution >= 0.6 is 12.4 Å². The Morgan fingerprint density at radius 3 is 2.35 bits per heavy atom. The monoisotopic (exact) mass is 699 g/mol. The van der Waals surface area contributed by atoms with Crippen LogP contribution in [-0.2, 0) is 43.3 Å². The number of carbonyl (C=O) groups is 1. The summed E-state index contributed by atoms with van der Waals surface area (Å²) in [6, 6.07) is 8.47. The Bertz CT molecular complexity index is 1950. The summed E-state index contributed by atoms with van der Waals surface area (Å²) in [7, 11) is 0. The van der Waals surface area contributed by atoms with Gasteiger partial charge in [0.1, 0.15) is 11.9 Å².